The lowest BCUT2D eigenvalue weighted by molar-refractivity contribution is -0.140. The van der Waals surface area contributed by atoms with Gasteiger partial charge in [0.1, 0.15) is 11.8 Å². The number of carbonyl (C=O) groups is 2. The van der Waals surface area contributed by atoms with E-state index in [0.717, 1.165) is 25.0 Å². The van der Waals surface area contributed by atoms with E-state index < -0.39 is 0 Å². The maximum absolute atomic E-state index is 12.8. The summed E-state index contributed by atoms with van der Waals surface area (Å²) in [7, 11) is 0. The first-order valence-electron chi connectivity index (χ1n) is 9.58. The zero-order valence-electron chi connectivity index (χ0n) is 15.5. The molecule has 28 heavy (non-hydrogen) atoms. The molecule has 0 spiro atoms. The molecule has 0 aliphatic carbocycles. The van der Waals surface area contributed by atoms with Crippen LogP contribution in [0.25, 0.3) is 0 Å². The number of likely N-dealkylation sites (tertiary alicyclic amines) is 2. The van der Waals surface area contributed by atoms with Crippen LogP contribution in [0.1, 0.15) is 41.0 Å². The van der Waals surface area contributed by atoms with E-state index in [-0.39, 0.29) is 17.9 Å². The zero-order chi connectivity index (χ0) is 19.5. The van der Waals surface area contributed by atoms with Crippen LogP contribution in [0.2, 0.25) is 0 Å². The van der Waals surface area contributed by atoms with Crippen molar-refractivity contribution in [1.82, 2.24) is 24.8 Å². The Labute approximate surface area is 163 Å². The average Bonchev–Trinajstić information content (AvgIpc) is 3.26. The van der Waals surface area contributed by atoms with Crippen LogP contribution in [0.3, 0.4) is 0 Å². The highest BCUT2D eigenvalue weighted by atomic mass is 16.2. The number of nitrogens with zero attached hydrogens (tertiary/aromatic N) is 5. The summed E-state index contributed by atoms with van der Waals surface area (Å²) >= 11 is 0. The summed E-state index contributed by atoms with van der Waals surface area (Å²) in [4.78, 5) is 40.3. The minimum Gasteiger partial charge on any atom is -0.348 e. The molecular weight excluding hydrogens is 356 g/mol. The van der Waals surface area contributed by atoms with Crippen LogP contribution >= 0.6 is 0 Å². The van der Waals surface area contributed by atoms with Crippen LogP contribution in [0.15, 0.2) is 30.9 Å². The number of aromatic amines is 1. The lowest BCUT2D eigenvalue weighted by atomic mass is 9.83. The Kier molecular flexibility index (Phi) is 5.06. The van der Waals surface area contributed by atoms with E-state index in [4.69, 9.17) is 5.26 Å². The molecule has 2 fully saturated rings. The third-order valence-corrected chi connectivity index (χ3v) is 5.73. The number of hydrogen-bond donors (Lipinski definition) is 1. The van der Waals surface area contributed by atoms with E-state index in [1.807, 2.05) is 15.9 Å². The Balaban J connectivity index is 1.41. The highest BCUT2D eigenvalue weighted by Crippen LogP contribution is 2.32. The minimum absolute atomic E-state index is 0.0589. The van der Waals surface area contributed by atoms with E-state index in [1.54, 1.807) is 24.7 Å². The van der Waals surface area contributed by atoms with Gasteiger partial charge >= 0.3 is 0 Å². The first kappa shape index (κ1) is 18.2. The van der Waals surface area contributed by atoms with Crippen molar-refractivity contribution < 1.29 is 9.59 Å². The fraction of sp³-hybridized carbons (Fsp3) is 0.450. The number of rotatable bonds is 4. The summed E-state index contributed by atoms with van der Waals surface area (Å²) in [6.45, 7) is 1.95. The van der Waals surface area contributed by atoms with E-state index in [0.29, 0.717) is 43.2 Å². The molecule has 4 heterocycles. The van der Waals surface area contributed by atoms with Crippen LogP contribution in [0.4, 0.5) is 0 Å². The van der Waals surface area contributed by atoms with Gasteiger partial charge in [-0.25, -0.2) is 9.97 Å². The Morgan fingerprint density at radius 3 is 2.93 bits per heavy atom. The molecule has 8 heteroatoms. The molecule has 2 saturated heterocycles. The molecule has 2 aliphatic rings. The second-order valence-electron chi connectivity index (χ2n) is 7.36. The molecule has 144 valence electrons. The van der Waals surface area contributed by atoms with E-state index in [2.05, 4.69) is 15.0 Å². The lowest BCUT2D eigenvalue weighted by Crippen LogP contribution is -2.57. The number of pyridine rings is 1. The van der Waals surface area contributed by atoms with Gasteiger partial charge in [-0.3, -0.25) is 9.59 Å². The summed E-state index contributed by atoms with van der Waals surface area (Å²) in [5.41, 5.74) is 1.82. The van der Waals surface area contributed by atoms with Crippen LogP contribution < -0.4 is 0 Å². The predicted molar refractivity (Wildman–Crippen MR) is 100.0 cm³/mol. The number of imidazole rings is 1. The van der Waals surface area contributed by atoms with Gasteiger partial charge in [0, 0.05) is 56.6 Å². The first-order valence-corrected chi connectivity index (χ1v) is 9.58. The maximum atomic E-state index is 12.8. The normalized spacial score (nSPS) is 21.9. The number of hydrogen-bond acceptors (Lipinski definition) is 5. The molecule has 0 bridgehead atoms. The molecule has 8 nitrogen and oxygen atoms in total. The molecule has 2 unspecified atom stereocenters. The molecule has 0 aromatic carbocycles. The summed E-state index contributed by atoms with van der Waals surface area (Å²) in [6, 6.07) is 5.37. The Hall–Kier alpha value is -3.21. The molecule has 2 aromatic rings. The van der Waals surface area contributed by atoms with Crippen molar-refractivity contribution in [3.8, 4) is 6.07 Å². The van der Waals surface area contributed by atoms with Gasteiger partial charge in [-0.15, -0.1) is 0 Å². The third-order valence-electron chi connectivity index (χ3n) is 5.73. The van der Waals surface area contributed by atoms with Gasteiger partial charge in [-0.1, -0.05) is 0 Å². The molecule has 2 aromatic heterocycles. The summed E-state index contributed by atoms with van der Waals surface area (Å²) in [5.74, 6) is 0.441. The van der Waals surface area contributed by atoms with Crippen LogP contribution in [0.5, 0.6) is 0 Å². The number of carbonyl (C=O) groups excluding carboxylic acids is 2. The first-order chi connectivity index (χ1) is 13.7. The standard InChI is InChI=1S/C20H22N6O2/c21-9-16-3-1-14(10-23-16)20(28)25-7-6-18-15(12-25)2-4-19(27)26(18)8-5-17-11-22-13-24-17/h1,3,10-11,13,15,18H,2,4-8,12H2,(H,22,24). The van der Waals surface area contributed by atoms with Crippen molar-refractivity contribution in [2.24, 2.45) is 5.92 Å². The second-order valence-corrected chi connectivity index (χ2v) is 7.36. The number of nitrogens with one attached hydrogen (secondary N) is 1. The summed E-state index contributed by atoms with van der Waals surface area (Å²) in [5, 5.41) is 8.85. The van der Waals surface area contributed by atoms with Gasteiger partial charge in [0.05, 0.1) is 11.9 Å². The van der Waals surface area contributed by atoms with Gasteiger partial charge < -0.3 is 14.8 Å². The van der Waals surface area contributed by atoms with E-state index in [1.165, 1.54) is 6.20 Å². The van der Waals surface area contributed by atoms with E-state index in [9.17, 15) is 9.59 Å². The number of amides is 2. The number of H-pyrrole nitrogens is 1. The van der Waals surface area contributed by atoms with Crippen LogP contribution in [-0.2, 0) is 11.2 Å². The lowest BCUT2D eigenvalue weighted by Gasteiger charge is -2.47. The predicted octanol–water partition coefficient (Wildman–Crippen LogP) is 1.37. The molecule has 0 saturated carbocycles. The number of nitriles is 1. The Morgan fingerprint density at radius 2 is 2.21 bits per heavy atom. The summed E-state index contributed by atoms with van der Waals surface area (Å²) in [6.07, 6.45) is 7.80. The van der Waals surface area contributed by atoms with Crippen molar-refractivity contribution in [1.29, 1.82) is 5.26 Å². The Bertz CT molecular complexity index is 886. The molecular formula is C20H22N6O2. The topological polar surface area (TPSA) is 106 Å². The van der Waals surface area contributed by atoms with Crippen LogP contribution in [0, 0.1) is 17.2 Å². The molecule has 1 N–H and O–H groups in total. The third kappa shape index (κ3) is 3.60. The fourth-order valence-electron chi connectivity index (χ4n) is 4.26. The van der Waals surface area contributed by atoms with Crippen molar-refractivity contribution in [2.75, 3.05) is 19.6 Å². The smallest absolute Gasteiger partial charge is 0.255 e. The van der Waals surface area contributed by atoms with Crippen molar-refractivity contribution in [2.45, 2.75) is 31.7 Å². The van der Waals surface area contributed by atoms with Gasteiger partial charge in [0.2, 0.25) is 5.91 Å². The maximum Gasteiger partial charge on any atom is 0.255 e. The number of aromatic nitrogens is 3. The SMILES string of the molecule is N#Cc1ccc(C(=O)N2CCC3C(CCC(=O)N3CCc3cnc[nH]3)C2)cn1. The van der Waals surface area contributed by atoms with Crippen molar-refractivity contribution >= 4 is 11.8 Å². The van der Waals surface area contributed by atoms with Crippen LogP contribution in [-0.4, -0.2) is 62.2 Å². The molecule has 2 aliphatic heterocycles. The quantitative estimate of drug-likeness (QED) is 0.865. The second kappa shape index (κ2) is 7.80. The van der Waals surface area contributed by atoms with Gasteiger partial charge in [-0.2, -0.15) is 5.26 Å². The monoisotopic (exact) mass is 378 g/mol. The highest BCUT2D eigenvalue weighted by Gasteiger charge is 2.40. The molecule has 2 atom stereocenters. The Morgan fingerprint density at radius 1 is 1.32 bits per heavy atom. The number of fused-ring (bicyclic) bond motifs is 1. The largest absolute Gasteiger partial charge is 0.348 e. The molecule has 4 rings (SSSR count). The number of piperidine rings is 2. The van der Waals surface area contributed by atoms with Gasteiger partial charge in [-0.05, 0) is 30.9 Å². The molecule has 2 amide bonds. The van der Waals surface area contributed by atoms with Gasteiger partial charge in [0.25, 0.3) is 5.91 Å². The average molecular weight is 378 g/mol. The van der Waals surface area contributed by atoms with Crippen molar-refractivity contribution in [3.05, 3.63) is 47.8 Å². The summed E-state index contributed by atoms with van der Waals surface area (Å²) < 4.78 is 0. The minimum atomic E-state index is -0.0589. The van der Waals surface area contributed by atoms with Crippen molar-refractivity contribution in [3.63, 3.8) is 0 Å². The zero-order valence-corrected chi connectivity index (χ0v) is 15.5. The highest BCUT2D eigenvalue weighted by molar-refractivity contribution is 5.94. The fourth-order valence-corrected chi connectivity index (χ4v) is 4.26. The molecule has 0 radical (unpaired) electrons. The van der Waals surface area contributed by atoms with E-state index >= 15 is 0 Å². The van der Waals surface area contributed by atoms with Gasteiger partial charge in [0.15, 0.2) is 0 Å².